The van der Waals surface area contributed by atoms with E-state index in [-0.39, 0.29) is 5.60 Å². The Balaban J connectivity index is 1.25. The molecule has 1 aromatic heterocycles. The van der Waals surface area contributed by atoms with Gasteiger partial charge in [-0.3, -0.25) is 4.98 Å². The average Bonchev–Trinajstić information content (AvgIpc) is 2.96. The van der Waals surface area contributed by atoms with E-state index in [0.29, 0.717) is 5.92 Å². The molecule has 1 saturated carbocycles. The highest BCUT2D eigenvalue weighted by Gasteiger charge is 2.46. The molecular weight excluding hydrogens is 300 g/mol. The van der Waals surface area contributed by atoms with Gasteiger partial charge in [0.25, 0.3) is 0 Å². The van der Waals surface area contributed by atoms with Crippen molar-refractivity contribution in [2.45, 2.75) is 50.5 Å². The number of nitrogens with zero attached hydrogens (tertiary/aromatic N) is 2. The summed E-state index contributed by atoms with van der Waals surface area (Å²) < 4.78 is 12.2. The van der Waals surface area contributed by atoms with E-state index in [9.17, 15) is 0 Å². The molecule has 1 unspecified atom stereocenters. The third-order valence-electron chi connectivity index (χ3n) is 6.41. The molecule has 3 fully saturated rings. The Labute approximate surface area is 145 Å². The first kappa shape index (κ1) is 16.3. The molecule has 2 saturated heterocycles. The summed E-state index contributed by atoms with van der Waals surface area (Å²) in [6, 6.07) is 3.90. The molecule has 1 spiro atoms. The van der Waals surface area contributed by atoms with Gasteiger partial charge in [-0.15, -0.1) is 0 Å². The van der Waals surface area contributed by atoms with Crippen molar-refractivity contribution in [2.75, 3.05) is 32.8 Å². The van der Waals surface area contributed by atoms with Gasteiger partial charge >= 0.3 is 0 Å². The number of pyridine rings is 1. The molecule has 0 N–H and O–H groups in total. The Bertz CT molecular complexity index is 510. The maximum atomic E-state index is 6.30. The summed E-state index contributed by atoms with van der Waals surface area (Å²) in [5.74, 6) is 2.51. The molecule has 2 aliphatic heterocycles. The second-order valence-electron chi connectivity index (χ2n) is 7.82. The first-order valence-corrected chi connectivity index (χ1v) is 9.73. The van der Waals surface area contributed by atoms with E-state index in [1.165, 1.54) is 58.2 Å². The van der Waals surface area contributed by atoms with Gasteiger partial charge in [-0.05, 0) is 62.5 Å². The second-order valence-corrected chi connectivity index (χ2v) is 7.82. The lowest BCUT2D eigenvalue weighted by Crippen LogP contribution is -2.49. The van der Waals surface area contributed by atoms with Crippen LogP contribution in [0.2, 0.25) is 0 Å². The zero-order chi connectivity index (χ0) is 16.2. The van der Waals surface area contributed by atoms with E-state index in [1.807, 2.05) is 12.1 Å². The number of aromatic nitrogens is 1. The second kappa shape index (κ2) is 7.40. The Morgan fingerprint density at radius 1 is 1.25 bits per heavy atom. The first-order chi connectivity index (χ1) is 11.8. The average molecular weight is 330 g/mol. The molecule has 4 nitrogen and oxygen atoms in total. The fourth-order valence-electron chi connectivity index (χ4n) is 4.65. The van der Waals surface area contributed by atoms with Crippen LogP contribution in [-0.4, -0.2) is 48.3 Å². The van der Waals surface area contributed by atoms with Crippen LogP contribution in [0.4, 0.5) is 0 Å². The van der Waals surface area contributed by atoms with E-state index in [1.54, 1.807) is 12.4 Å². The van der Waals surface area contributed by atoms with Crippen LogP contribution in [0.1, 0.15) is 44.9 Å². The Morgan fingerprint density at radius 2 is 2.12 bits per heavy atom. The summed E-state index contributed by atoms with van der Waals surface area (Å²) in [6.45, 7) is 5.46. The summed E-state index contributed by atoms with van der Waals surface area (Å²) in [6.07, 6.45) is 12.6. The van der Waals surface area contributed by atoms with Crippen LogP contribution in [0.25, 0.3) is 0 Å². The minimum atomic E-state index is 0.133. The van der Waals surface area contributed by atoms with Crippen LogP contribution >= 0.6 is 0 Å². The maximum Gasteiger partial charge on any atom is 0.137 e. The third-order valence-corrected chi connectivity index (χ3v) is 6.41. The largest absolute Gasteiger partial charge is 0.492 e. The predicted molar refractivity (Wildman–Crippen MR) is 94.2 cm³/mol. The van der Waals surface area contributed by atoms with E-state index in [4.69, 9.17) is 9.47 Å². The summed E-state index contributed by atoms with van der Waals surface area (Å²) in [4.78, 5) is 6.79. The highest BCUT2D eigenvalue weighted by molar-refractivity contribution is 5.15. The van der Waals surface area contributed by atoms with Gasteiger partial charge in [0.1, 0.15) is 5.75 Å². The molecule has 4 rings (SSSR count). The molecule has 4 heteroatoms. The number of hydrogen-bond donors (Lipinski definition) is 0. The van der Waals surface area contributed by atoms with Crippen molar-refractivity contribution in [3.05, 3.63) is 24.5 Å². The van der Waals surface area contributed by atoms with Crippen molar-refractivity contribution in [3.63, 3.8) is 0 Å². The normalized spacial score (nSPS) is 27.2. The van der Waals surface area contributed by atoms with Crippen LogP contribution in [0, 0.1) is 11.8 Å². The fraction of sp³-hybridized carbons (Fsp3) is 0.750. The smallest absolute Gasteiger partial charge is 0.137 e. The maximum absolute atomic E-state index is 6.30. The molecule has 1 aliphatic carbocycles. The minimum absolute atomic E-state index is 0.133. The van der Waals surface area contributed by atoms with Gasteiger partial charge in [0, 0.05) is 32.4 Å². The first-order valence-electron chi connectivity index (χ1n) is 9.73. The molecule has 132 valence electrons. The zero-order valence-corrected chi connectivity index (χ0v) is 14.7. The molecule has 3 heterocycles. The Hall–Kier alpha value is -1.13. The number of ether oxygens (including phenoxy) is 2. The van der Waals surface area contributed by atoms with Gasteiger partial charge in [0.2, 0.25) is 0 Å². The quantitative estimate of drug-likeness (QED) is 0.799. The molecular formula is C20H30N2O2. The van der Waals surface area contributed by atoms with Crippen LogP contribution in [0.15, 0.2) is 24.5 Å². The Morgan fingerprint density at radius 3 is 2.83 bits per heavy atom. The van der Waals surface area contributed by atoms with E-state index >= 15 is 0 Å². The molecule has 24 heavy (non-hydrogen) atoms. The van der Waals surface area contributed by atoms with Gasteiger partial charge < -0.3 is 14.4 Å². The highest BCUT2D eigenvalue weighted by atomic mass is 16.5. The monoisotopic (exact) mass is 330 g/mol. The molecule has 1 atom stereocenters. The fourth-order valence-corrected chi connectivity index (χ4v) is 4.65. The molecule has 0 radical (unpaired) electrons. The minimum Gasteiger partial charge on any atom is -0.492 e. The van der Waals surface area contributed by atoms with Crippen molar-refractivity contribution >= 4 is 0 Å². The van der Waals surface area contributed by atoms with Gasteiger partial charge in [0.05, 0.1) is 18.4 Å². The molecule has 3 aliphatic rings. The topological polar surface area (TPSA) is 34.6 Å². The summed E-state index contributed by atoms with van der Waals surface area (Å²) in [7, 11) is 0. The van der Waals surface area contributed by atoms with Gasteiger partial charge in [-0.2, -0.15) is 0 Å². The summed E-state index contributed by atoms with van der Waals surface area (Å²) in [5.41, 5.74) is 0.133. The standard InChI is InChI=1S/C20H30N2O2/c1-3-17(4-1)16-22-11-8-20(9-12-22)18(7-14-24-20)6-13-23-19-5-2-10-21-15-19/h2,5,10,15,17-18H,1,3-4,6-9,11-14,16H2. The van der Waals surface area contributed by atoms with Crippen molar-refractivity contribution < 1.29 is 9.47 Å². The number of hydrogen-bond acceptors (Lipinski definition) is 4. The highest BCUT2D eigenvalue weighted by Crippen LogP contribution is 2.42. The van der Waals surface area contributed by atoms with Gasteiger partial charge in [0.15, 0.2) is 0 Å². The van der Waals surface area contributed by atoms with Crippen LogP contribution < -0.4 is 4.74 Å². The molecule has 0 aromatic carbocycles. The summed E-state index contributed by atoms with van der Waals surface area (Å²) in [5, 5.41) is 0. The van der Waals surface area contributed by atoms with Gasteiger partial charge in [-0.25, -0.2) is 0 Å². The summed E-state index contributed by atoms with van der Waals surface area (Å²) >= 11 is 0. The lowest BCUT2D eigenvalue weighted by Gasteiger charge is -2.44. The third kappa shape index (κ3) is 3.60. The van der Waals surface area contributed by atoms with Crippen LogP contribution in [0.5, 0.6) is 5.75 Å². The lowest BCUT2D eigenvalue weighted by atomic mass is 9.77. The van der Waals surface area contributed by atoms with Crippen molar-refractivity contribution in [3.8, 4) is 5.75 Å². The molecule has 1 aromatic rings. The molecule has 0 amide bonds. The van der Waals surface area contributed by atoms with Crippen molar-refractivity contribution in [2.24, 2.45) is 11.8 Å². The van der Waals surface area contributed by atoms with E-state index < -0.39 is 0 Å². The van der Waals surface area contributed by atoms with E-state index in [0.717, 1.165) is 31.3 Å². The van der Waals surface area contributed by atoms with Crippen molar-refractivity contribution in [1.82, 2.24) is 9.88 Å². The Kier molecular flexibility index (Phi) is 5.04. The number of piperidine rings is 1. The predicted octanol–water partition coefficient (Wildman–Crippen LogP) is 3.52. The van der Waals surface area contributed by atoms with Gasteiger partial charge in [-0.1, -0.05) is 6.42 Å². The van der Waals surface area contributed by atoms with Crippen LogP contribution in [-0.2, 0) is 4.74 Å². The zero-order valence-electron chi connectivity index (χ0n) is 14.7. The van der Waals surface area contributed by atoms with Crippen molar-refractivity contribution in [1.29, 1.82) is 0 Å². The number of rotatable bonds is 6. The molecule has 0 bridgehead atoms. The lowest BCUT2D eigenvalue weighted by molar-refractivity contribution is -0.0726. The SMILES string of the molecule is c1cncc(OCCC2CCOC23CCN(CC2CCC2)CC3)c1. The van der Waals surface area contributed by atoms with Crippen LogP contribution in [0.3, 0.4) is 0 Å². The number of likely N-dealkylation sites (tertiary alicyclic amines) is 1. The van der Waals surface area contributed by atoms with E-state index in [2.05, 4.69) is 9.88 Å².